The third-order valence-corrected chi connectivity index (χ3v) is 7.16. The van der Waals surface area contributed by atoms with E-state index in [0.717, 1.165) is 0 Å². The fourth-order valence-corrected chi connectivity index (χ4v) is 5.78. The number of ether oxygens (including phenoxy) is 2. The summed E-state index contributed by atoms with van der Waals surface area (Å²) in [5.74, 6) is -0.772. The number of carbonyl (C=O) groups is 2. The van der Waals surface area contributed by atoms with Gasteiger partial charge in [0.05, 0.1) is 11.5 Å². The Labute approximate surface area is 202 Å². The van der Waals surface area contributed by atoms with Gasteiger partial charge in [-0.05, 0) is 92.5 Å². The topological polar surface area (TPSA) is 99.5 Å². The van der Waals surface area contributed by atoms with E-state index in [1.165, 1.54) is 10.1 Å². The lowest BCUT2D eigenvalue weighted by Gasteiger charge is -2.50. The molecule has 2 N–H and O–H groups in total. The molecule has 2 aliphatic rings. The van der Waals surface area contributed by atoms with Gasteiger partial charge in [0.2, 0.25) is 0 Å². The molecule has 8 heteroatoms. The molecule has 0 aromatic heterocycles. The lowest BCUT2D eigenvalue weighted by molar-refractivity contribution is -0.256. The van der Waals surface area contributed by atoms with Crippen molar-refractivity contribution < 1.29 is 29.5 Å². The normalized spacial score (nSPS) is 25.0. The van der Waals surface area contributed by atoms with Crippen LogP contribution in [0.2, 0.25) is 0 Å². The average molecular weight is 477 g/mol. The molecule has 0 bridgehead atoms. The van der Waals surface area contributed by atoms with E-state index in [-0.39, 0.29) is 18.0 Å². The number of benzene rings is 1. The first-order chi connectivity index (χ1) is 15.4. The van der Waals surface area contributed by atoms with Crippen LogP contribution >= 0.6 is 0 Å². The van der Waals surface area contributed by atoms with Gasteiger partial charge in [0.25, 0.3) is 0 Å². The number of hydrogen-bond donors (Lipinski definition) is 2. The van der Waals surface area contributed by atoms with E-state index in [1.807, 2.05) is 55.4 Å². The lowest BCUT2D eigenvalue weighted by Crippen LogP contribution is -2.60. The quantitative estimate of drug-likeness (QED) is 0.471. The molecule has 0 saturated carbocycles. The molecule has 0 unspecified atom stereocenters. The summed E-state index contributed by atoms with van der Waals surface area (Å²) in [6.07, 6.45) is 1.69. The van der Waals surface area contributed by atoms with Gasteiger partial charge in [0, 0.05) is 35.0 Å². The van der Waals surface area contributed by atoms with Crippen LogP contribution in [0.25, 0.3) is 0 Å². The summed E-state index contributed by atoms with van der Waals surface area (Å²) in [6, 6.07) is 6.37. The summed E-state index contributed by atoms with van der Waals surface area (Å²) in [5, 5.41) is 23.6. The Hall–Kier alpha value is -2.00. The van der Waals surface area contributed by atoms with Crippen molar-refractivity contribution in [2.45, 2.75) is 109 Å². The van der Waals surface area contributed by atoms with E-state index in [4.69, 9.17) is 9.47 Å². The van der Waals surface area contributed by atoms with Gasteiger partial charge in [-0.15, -0.1) is 0 Å². The van der Waals surface area contributed by atoms with Crippen LogP contribution in [-0.2, 0) is 9.53 Å². The minimum absolute atomic E-state index is 0.317. The van der Waals surface area contributed by atoms with Crippen LogP contribution in [0, 0.1) is 5.92 Å². The Bertz CT molecular complexity index is 886. The zero-order chi connectivity index (χ0) is 25.7. The van der Waals surface area contributed by atoms with E-state index in [1.54, 1.807) is 24.3 Å². The number of piperidine rings is 2. The van der Waals surface area contributed by atoms with Crippen molar-refractivity contribution in [1.82, 2.24) is 10.1 Å². The van der Waals surface area contributed by atoms with Crippen LogP contribution in [0.3, 0.4) is 0 Å². The van der Waals surface area contributed by atoms with E-state index in [0.29, 0.717) is 37.0 Å². The van der Waals surface area contributed by atoms with Crippen LogP contribution < -0.4 is 4.74 Å². The molecule has 0 radical (unpaired) electrons. The fraction of sp³-hybridized carbons (Fsp3) is 0.692. The van der Waals surface area contributed by atoms with Crippen molar-refractivity contribution in [1.29, 1.82) is 0 Å². The Kier molecular flexibility index (Phi) is 6.96. The minimum Gasteiger partial charge on any atom is -0.459 e. The molecule has 1 aromatic rings. The number of carbonyl (C=O) groups excluding carboxylic acids is 2. The fourth-order valence-electron chi connectivity index (χ4n) is 5.78. The van der Waals surface area contributed by atoms with Crippen molar-refractivity contribution in [2.24, 2.45) is 5.92 Å². The average Bonchev–Trinajstić information content (AvgIpc) is 2.69. The van der Waals surface area contributed by atoms with Gasteiger partial charge in [-0.25, -0.2) is 4.79 Å². The third-order valence-electron chi connectivity index (χ3n) is 7.16. The summed E-state index contributed by atoms with van der Waals surface area (Å²) in [7, 11) is 0. The first-order valence-corrected chi connectivity index (χ1v) is 12.0. The Morgan fingerprint density at radius 1 is 0.765 bits per heavy atom. The van der Waals surface area contributed by atoms with Crippen molar-refractivity contribution in [3.63, 3.8) is 0 Å². The molecule has 2 saturated heterocycles. The van der Waals surface area contributed by atoms with Crippen molar-refractivity contribution in [3.8, 4) is 5.75 Å². The van der Waals surface area contributed by atoms with Gasteiger partial charge in [0.15, 0.2) is 0 Å². The summed E-state index contributed by atoms with van der Waals surface area (Å²) < 4.78 is 11.4. The SMILES string of the molecule is CC1(C)CC(OC(=O)c2ccc(OC(=O)C3CC(C)(C)N(O)C(C)(C)C3)cc2)CC(C)(C)N1O. The summed E-state index contributed by atoms with van der Waals surface area (Å²) in [5.41, 5.74) is -1.75. The molecular weight excluding hydrogens is 436 g/mol. The molecule has 1 aromatic carbocycles. The highest BCUT2D eigenvalue weighted by molar-refractivity contribution is 5.89. The van der Waals surface area contributed by atoms with E-state index >= 15 is 0 Å². The van der Waals surface area contributed by atoms with E-state index in [9.17, 15) is 20.0 Å². The van der Waals surface area contributed by atoms with Gasteiger partial charge in [0.1, 0.15) is 11.9 Å². The standard InChI is InChI=1S/C26H40N2O6/c1-23(2)13-18(14-24(3,4)27(23)31)22(30)33-19-11-9-17(10-12-19)21(29)34-20-15-25(5,6)28(32)26(7,8)16-20/h9-12,18,20,31-32H,13-16H2,1-8H3. The largest absolute Gasteiger partial charge is 0.459 e. The maximum absolute atomic E-state index is 12.8. The summed E-state index contributed by atoms with van der Waals surface area (Å²) >= 11 is 0. The molecule has 2 heterocycles. The van der Waals surface area contributed by atoms with E-state index < -0.39 is 28.1 Å². The number of hydrogen-bond acceptors (Lipinski definition) is 8. The first kappa shape index (κ1) is 26.6. The highest BCUT2D eigenvalue weighted by Gasteiger charge is 2.48. The zero-order valence-electron chi connectivity index (χ0n) is 21.7. The highest BCUT2D eigenvalue weighted by atomic mass is 16.6. The van der Waals surface area contributed by atoms with Crippen molar-refractivity contribution in [2.75, 3.05) is 0 Å². The molecule has 0 spiro atoms. The van der Waals surface area contributed by atoms with Gasteiger partial charge < -0.3 is 19.9 Å². The number of rotatable bonds is 4. The molecule has 190 valence electrons. The van der Waals surface area contributed by atoms with Gasteiger partial charge >= 0.3 is 11.9 Å². The van der Waals surface area contributed by atoms with Crippen LogP contribution in [0.1, 0.15) is 91.4 Å². The Morgan fingerprint density at radius 3 is 1.62 bits per heavy atom. The Balaban J connectivity index is 1.62. The van der Waals surface area contributed by atoms with Crippen LogP contribution in [0.5, 0.6) is 5.75 Å². The summed E-state index contributed by atoms with van der Waals surface area (Å²) in [4.78, 5) is 25.6. The van der Waals surface area contributed by atoms with Gasteiger partial charge in [-0.2, -0.15) is 10.1 Å². The second-order valence-electron chi connectivity index (χ2n) is 12.4. The predicted octanol–water partition coefficient (Wildman–Crippen LogP) is 4.82. The lowest BCUT2D eigenvalue weighted by atomic mass is 9.75. The molecule has 8 nitrogen and oxygen atoms in total. The molecule has 2 fully saturated rings. The minimum atomic E-state index is -0.547. The van der Waals surface area contributed by atoms with Crippen LogP contribution in [-0.4, -0.2) is 60.7 Å². The smallest absolute Gasteiger partial charge is 0.338 e. The molecule has 3 rings (SSSR count). The second-order valence-corrected chi connectivity index (χ2v) is 12.4. The number of hydroxylamine groups is 4. The third kappa shape index (κ3) is 5.46. The maximum Gasteiger partial charge on any atom is 0.338 e. The highest BCUT2D eigenvalue weighted by Crippen LogP contribution is 2.41. The second kappa shape index (κ2) is 8.90. The Morgan fingerprint density at radius 2 is 1.18 bits per heavy atom. The zero-order valence-corrected chi connectivity index (χ0v) is 21.7. The molecule has 2 aliphatic heterocycles. The molecule has 0 atom stereocenters. The molecule has 0 aliphatic carbocycles. The first-order valence-electron chi connectivity index (χ1n) is 12.0. The van der Waals surface area contributed by atoms with E-state index in [2.05, 4.69) is 0 Å². The van der Waals surface area contributed by atoms with Gasteiger partial charge in [-0.3, -0.25) is 4.79 Å². The van der Waals surface area contributed by atoms with Crippen LogP contribution in [0.4, 0.5) is 0 Å². The maximum atomic E-state index is 12.8. The van der Waals surface area contributed by atoms with Crippen molar-refractivity contribution >= 4 is 11.9 Å². The molecule has 0 amide bonds. The predicted molar refractivity (Wildman–Crippen MR) is 127 cm³/mol. The molecule has 34 heavy (non-hydrogen) atoms. The summed E-state index contributed by atoms with van der Waals surface area (Å²) in [6.45, 7) is 15.3. The number of esters is 2. The van der Waals surface area contributed by atoms with Gasteiger partial charge in [-0.1, -0.05) is 0 Å². The van der Waals surface area contributed by atoms with Crippen molar-refractivity contribution in [3.05, 3.63) is 29.8 Å². The van der Waals surface area contributed by atoms with Crippen LogP contribution in [0.15, 0.2) is 24.3 Å². The number of nitrogens with zero attached hydrogens (tertiary/aromatic N) is 2. The monoisotopic (exact) mass is 476 g/mol. The molecular formula is C26H40N2O6.